The van der Waals surface area contributed by atoms with Gasteiger partial charge in [0.05, 0.1) is 0 Å². The largest absolute Gasteiger partial charge is 0.367 e. The van der Waals surface area contributed by atoms with E-state index in [2.05, 4.69) is 142 Å². The highest BCUT2D eigenvalue weighted by atomic mass is 31.1. The van der Waals surface area contributed by atoms with E-state index in [1.165, 1.54) is 27.9 Å². The second-order valence-electron chi connectivity index (χ2n) is 14.3. The minimum Gasteiger partial charge on any atom is -0.367 e. The van der Waals surface area contributed by atoms with E-state index in [4.69, 9.17) is 0 Å². The van der Waals surface area contributed by atoms with Crippen LogP contribution < -0.4 is 10.6 Å². The topological polar surface area (TPSA) is 31.6 Å². The van der Waals surface area contributed by atoms with Crippen molar-refractivity contribution in [3.63, 3.8) is 0 Å². The normalized spacial score (nSPS) is 13.7. The van der Waals surface area contributed by atoms with Gasteiger partial charge in [0.1, 0.15) is 0 Å². The SMILES string of the molecule is CC(C)(C)c1cc(CP(c2cc[nH]c2)c2cc[nH]c2)c(CP(C(C)(C)C)C(C)(C)C)cc1C(C)(C)C. The number of hydrogen-bond donors (Lipinski definition) is 2. The van der Waals surface area contributed by atoms with Crippen molar-refractivity contribution in [3.05, 3.63) is 71.3 Å². The molecule has 0 amide bonds. The molecule has 0 aliphatic carbocycles. The maximum absolute atomic E-state index is 3.32. The van der Waals surface area contributed by atoms with Crippen LogP contribution in [0.2, 0.25) is 0 Å². The van der Waals surface area contributed by atoms with E-state index in [0.717, 1.165) is 6.16 Å². The molecule has 4 heteroatoms. The van der Waals surface area contributed by atoms with E-state index in [0.29, 0.717) is 10.3 Å². The third kappa shape index (κ3) is 6.94. The second kappa shape index (κ2) is 10.4. The van der Waals surface area contributed by atoms with Crippen molar-refractivity contribution in [3.8, 4) is 0 Å². The first-order chi connectivity index (χ1) is 16.4. The van der Waals surface area contributed by atoms with Gasteiger partial charge in [-0.15, -0.1) is 0 Å². The van der Waals surface area contributed by atoms with Gasteiger partial charge in [0.2, 0.25) is 0 Å². The van der Waals surface area contributed by atoms with Gasteiger partial charge >= 0.3 is 0 Å². The summed E-state index contributed by atoms with van der Waals surface area (Å²) < 4.78 is 0. The molecular formula is C32H50N2P2. The van der Waals surface area contributed by atoms with Gasteiger partial charge in [-0.25, -0.2) is 0 Å². The lowest BCUT2D eigenvalue weighted by Crippen LogP contribution is -2.27. The number of hydrogen-bond acceptors (Lipinski definition) is 0. The zero-order valence-electron chi connectivity index (χ0n) is 24.9. The molecule has 0 radical (unpaired) electrons. The first-order valence-electron chi connectivity index (χ1n) is 13.4. The van der Waals surface area contributed by atoms with E-state index < -0.39 is 7.92 Å². The van der Waals surface area contributed by atoms with Crippen LogP contribution >= 0.6 is 15.8 Å². The van der Waals surface area contributed by atoms with Crippen LogP contribution in [-0.4, -0.2) is 20.3 Å². The van der Waals surface area contributed by atoms with Gasteiger partial charge < -0.3 is 9.97 Å². The number of aromatic nitrogens is 2. The Hall–Kier alpha value is -1.36. The summed E-state index contributed by atoms with van der Waals surface area (Å²) in [4.78, 5) is 6.64. The molecule has 0 fully saturated rings. The molecule has 0 saturated carbocycles. The Morgan fingerprint density at radius 1 is 0.583 bits per heavy atom. The maximum Gasteiger partial charge on any atom is 0.00860 e. The van der Waals surface area contributed by atoms with Crippen molar-refractivity contribution in [2.45, 2.75) is 117 Å². The predicted molar refractivity (Wildman–Crippen MR) is 165 cm³/mol. The monoisotopic (exact) mass is 524 g/mol. The highest BCUT2D eigenvalue weighted by molar-refractivity contribution is 7.72. The molecule has 2 nitrogen and oxygen atoms in total. The molecule has 0 unspecified atom stereocenters. The maximum atomic E-state index is 3.32. The second-order valence-corrected chi connectivity index (χ2v) is 20.4. The molecule has 2 aromatic heterocycles. The first kappa shape index (κ1) is 29.2. The lowest BCUT2D eigenvalue weighted by molar-refractivity contribution is 0.529. The molecule has 1 aromatic carbocycles. The number of aromatic amines is 2. The molecule has 36 heavy (non-hydrogen) atoms. The van der Waals surface area contributed by atoms with Gasteiger partial charge in [-0.05, 0) is 80.2 Å². The number of benzene rings is 1. The fourth-order valence-corrected chi connectivity index (χ4v) is 11.2. The van der Waals surface area contributed by atoms with Gasteiger partial charge in [0.25, 0.3) is 0 Å². The van der Waals surface area contributed by atoms with Crippen LogP contribution in [0.1, 0.15) is 105 Å². The Balaban J connectivity index is 2.24. The van der Waals surface area contributed by atoms with E-state index in [9.17, 15) is 0 Å². The van der Waals surface area contributed by atoms with Crippen molar-refractivity contribution >= 4 is 26.5 Å². The Morgan fingerprint density at radius 2 is 0.972 bits per heavy atom. The highest BCUT2D eigenvalue weighted by Crippen LogP contribution is 2.62. The van der Waals surface area contributed by atoms with Crippen molar-refractivity contribution in [2.24, 2.45) is 0 Å². The summed E-state index contributed by atoms with van der Waals surface area (Å²) in [5, 5.41) is 3.42. The Kier molecular flexibility index (Phi) is 8.45. The average molecular weight is 525 g/mol. The van der Waals surface area contributed by atoms with Crippen molar-refractivity contribution in [1.82, 2.24) is 9.97 Å². The third-order valence-corrected chi connectivity index (χ3v) is 13.4. The summed E-state index contributed by atoms with van der Waals surface area (Å²) in [6.45, 7) is 29.0. The summed E-state index contributed by atoms with van der Waals surface area (Å²) in [7, 11) is -0.733. The Morgan fingerprint density at radius 3 is 1.28 bits per heavy atom. The minimum atomic E-state index is -0.492. The first-order valence-corrected chi connectivity index (χ1v) is 16.4. The molecule has 0 spiro atoms. The molecule has 0 aliphatic heterocycles. The van der Waals surface area contributed by atoms with Gasteiger partial charge in [0, 0.05) is 30.9 Å². The summed E-state index contributed by atoms with van der Waals surface area (Å²) >= 11 is 0. The van der Waals surface area contributed by atoms with Crippen LogP contribution in [0.15, 0.2) is 49.1 Å². The summed E-state index contributed by atoms with van der Waals surface area (Å²) in [5.74, 6) is 0. The molecule has 3 aromatic rings. The number of nitrogens with one attached hydrogen (secondary N) is 2. The molecule has 2 N–H and O–H groups in total. The number of rotatable bonds is 6. The quantitative estimate of drug-likeness (QED) is 0.301. The lowest BCUT2D eigenvalue weighted by atomic mass is 9.74. The van der Waals surface area contributed by atoms with Gasteiger partial charge in [-0.3, -0.25) is 0 Å². The molecule has 0 aliphatic rings. The fourth-order valence-electron chi connectivity index (χ4n) is 5.34. The van der Waals surface area contributed by atoms with Gasteiger partial charge in [0.15, 0.2) is 0 Å². The van der Waals surface area contributed by atoms with Crippen LogP contribution in [0.4, 0.5) is 0 Å². The average Bonchev–Trinajstić information content (AvgIpc) is 3.41. The van der Waals surface area contributed by atoms with Gasteiger partial charge in [-0.2, -0.15) is 0 Å². The summed E-state index contributed by atoms with van der Waals surface area (Å²) in [5.41, 5.74) is 6.33. The van der Waals surface area contributed by atoms with Crippen molar-refractivity contribution < 1.29 is 0 Å². The zero-order valence-corrected chi connectivity index (χ0v) is 26.7. The molecule has 3 rings (SSSR count). The van der Waals surface area contributed by atoms with E-state index >= 15 is 0 Å². The van der Waals surface area contributed by atoms with Crippen LogP contribution in [0, 0.1) is 0 Å². The minimum absolute atomic E-state index is 0.0968. The molecular weight excluding hydrogens is 474 g/mol. The smallest absolute Gasteiger partial charge is 0.00860 e. The van der Waals surface area contributed by atoms with E-state index in [1.807, 2.05) is 0 Å². The van der Waals surface area contributed by atoms with E-state index in [1.54, 1.807) is 11.1 Å². The lowest BCUT2D eigenvalue weighted by Gasteiger charge is -2.42. The molecule has 0 bridgehead atoms. The third-order valence-electron chi connectivity index (χ3n) is 7.02. The van der Waals surface area contributed by atoms with Crippen LogP contribution in [-0.2, 0) is 23.2 Å². The summed E-state index contributed by atoms with van der Waals surface area (Å²) in [6, 6.07) is 9.75. The van der Waals surface area contributed by atoms with Gasteiger partial charge in [-0.1, -0.05) is 103 Å². The standard InChI is InChI=1S/C32H50N2P2/c1-29(2,3)27-17-23(21-35(25-13-15-33-19-25)26-14-16-34-20-26)24(18-28(27)30(4,5)6)22-36(31(7,8)9)32(10,11)12/h13-20,33-34H,21-22H2,1-12H3. The zero-order chi connectivity index (χ0) is 27.1. The molecule has 198 valence electrons. The van der Waals surface area contributed by atoms with E-state index in [-0.39, 0.29) is 18.8 Å². The van der Waals surface area contributed by atoms with Crippen LogP contribution in [0.3, 0.4) is 0 Å². The Bertz CT molecular complexity index is 1070. The molecule has 0 saturated heterocycles. The van der Waals surface area contributed by atoms with Crippen LogP contribution in [0.5, 0.6) is 0 Å². The Labute approximate surface area is 224 Å². The predicted octanol–water partition coefficient (Wildman–Crippen LogP) is 9.15. The van der Waals surface area contributed by atoms with Crippen molar-refractivity contribution in [2.75, 3.05) is 0 Å². The highest BCUT2D eigenvalue weighted by Gasteiger charge is 2.36. The number of H-pyrrole nitrogens is 2. The molecule has 0 atom stereocenters. The summed E-state index contributed by atoms with van der Waals surface area (Å²) in [6.07, 6.45) is 10.8. The van der Waals surface area contributed by atoms with Crippen molar-refractivity contribution in [1.29, 1.82) is 0 Å². The fraction of sp³-hybridized carbons (Fsp3) is 0.562. The molecule has 2 heterocycles. The van der Waals surface area contributed by atoms with Crippen LogP contribution in [0.25, 0.3) is 0 Å².